The van der Waals surface area contributed by atoms with E-state index < -0.39 is 0 Å². The molecule has 1 heterocycles. The molecule has 2 rings (SSSR count). The summed E-state index contributed by atoms with van der Waals surface area (Å²) in [6.45, 7) is 2.15. The Kier molecular flexibility index (Phi) is 5.80. The highest BCUT2D eigenvalue weighted by Gasteiger charge is 2.08. The van der Waals surface area contributed by atoms with E-state index in [4.69, 9.17) is 0 Å². The van der Waals surface area contributed by atoms with Gasteiger partial charge in [0.05, 0.1) is 5.75 Å². The minimum absolute atomic E-state index is 0.135. The fourth-order valence-corrected chi connectivity index (χ4v) is 3.21. The number of ketones is 1. The van der Waals surface area contributed by atoms with Crippen LogP contribution >= 0.6 is 27.7 Å². The first-order valence-electron chi connectivity index (χ1n) is 6.56. The van der Waals surface area contributed by atoms with Gasteiger partial charge in [0.15, 0.2) is 5.78 Å². The van der Waals surface area contributed by atoms with Crippen molar-refractivity contribution in [2.45, 2.75) is 24.8 Å². The van der Waals surface area contributed by atoms with Gasteiger partial charge >= 0.3 is 0 Å². The predicted molar refractivity (Wildman–Crippen MR) is 87.4 cm³/mol. The standard InChI is InChI=1S/C16H16BrNOS/c1-2-4-12-6-8-13(9-7-12)15(19)11-20-16-14(17)5-3-10-18-16/h3,5-10H,2,4,11H2,1H3. The molecule has 2 nitrogen and oxygen atoms in total. The molecule has 20 heavy (non-hydrogen) atoms. The van der Waals surface area contributed by atoms with Crippen LogP contribution in [0.2, 0.25) is 0 Å². The van der Waals surface area contributed by atoms with Gasteiger partial charge in [-0.2, -0.15) is 0 Å². The maximum Gasteiger partial charge on any atom is 0.173 e. The van der Waals surface area contributed by atoms with Crippen molar-refractivity contribution < 1.29 is 4.79 Å². The first kappa shape index (κ1) is 15.3. The number of benzene rings is 1. The molecule has 0 bridgehead atoms. The second-order valence-electron chi connectivity index (χ2n) is 4.45. The lowest BCUT2D eigenvalue weighted by Gasteiger charge is -2.04. The van der Waals surface area contributed by atoms with E-state index in [1.165, 1.54) is 17.3 Å². The van der Waals surface area contributed by atoms with Crippen molar-refractivity contribution >= 4 is 33.5 Å². The zero-order valence-corrected chi connectivity index (χ0v) is 13.7. The Labute approximate surface area is 132 Å². The van der Waals surface area contributed by atoms with E-state index in [0.717, 1.165) is 27.9 Å². The van der Waals surface area contributed by atoms with Crippen LogP contribution in [0.15, 0.2) is 52.1 Å². The molecule has 0 spiro atoms. The smallest absolute Gasteiger partial charge is 0.173 e. The number of halogens is 1. The summed E-state index contributed by atoms with van der Waals surface area (Å²) in [6, 6.07) is 11.7. The molecule has 4 heteroatoms. The van der Waals surface area contributed by atoms with Gasteiger partial charge in [0.2, 0.25) is 0 Å². The van der Waals surface area contributed by atoms with E-state index in [1.54, 1.807) is 6.20 Å². The lowest BCUT2D eigenvalue weighted by molar-refractivity contribution is 0.102. The van der Waals surface area contributed by atoms with Gasteiger partial charge in [0.25, 0.3) is 0 Å². The summed E-state index contributed by atoms with van der Waals surface area (Å²) in [4.78, 5) is 16.4. The van der Waals surface area contributed by atoms with Crippen molar-refractivity contribution in [2.75, 3.05) is 5.75 Å². The van der Waals surface area contributed by atoms with Gasteiger partial charge < -0.3 is 0 Å². The highest BCUT2D eigenvalue weighted by atomic mass is 79.9. The van der Waals surface area contributed by atoms with Gasteiger partial charge in [-0.05, 0) is 40.0 Å². The van der Waals surface area contributed by atoms with Gasteiger partial charge in [0, 0.05) is 16.2 Å². The van der Waals surface area contributed by atoms with Crippen molar-refractivity contribution in [3.8, 4) is 0 Å². The van der Waals surface area contributed by atoms with Crippen molar-refractivity contribution in [2.24, 2.45) is 0 Å². The third-order valence-electron chi connectivity index (χ3n) is 2.88. The number of carbonyl (C=O) groups is 1. The zero-order chi connectivity index (χ0) is 14.4. The largest absolute Gasteiger partial charge is 0.293 e. The topological polar surface area (TPSA) is 30.0 Å². The number of hydrogen-bond acceptors (Lipinski definition) is 3. The SMILES string of the molecule is CCCc1ccc(C(=O)CSc2ncccc2Br)cc1. The van der Waals surface area contributed by atoms with Crippen molar-refractivity contribution in [1.29, 1.82) is 0 Å². The summed E-state index contributed by atoms with van der Waals surface area (Å²) in [5.74, 6) is 0.540. The number of carbonyl (C=O) groups excluding carboxylic acids is 1. The Morgan fingerprint density at radius 3 is 2.65 bits per heavy atom. The molecule has 0 saturated heterocycles. The van der Waals surface area contributed by atoms with Crippen LogP contribution < -0.4 is 0 Å². The molecule has 2 aromatic rings. The van der Waals surface area contributed by atoms with E-state index in [0.29, 0.717) is 5.75 Å². The molecular formula is C16H16BrNOS. The molecular weight excluding hydrogens is 334 g/mol. The van der Waals surface area contributed by atoms with E-state index in [1.807, 2.05) is 36.4 Å². The molecule has 0 N–H and O–H groups in total. The molecule has 0 saturated carbocycles. The summed E-state index contributed by atoms with van der Waals surface area (Å²) < 4.78 is 0.927. The van der Waals surface area contributed by atoms with Crippen LogP contribution in [-0.4, -0.2) is 16.5 Å². The van der Waals surface area contributed by atoms with Crippen LogP contribution in [0.25, 0.3) is 0 Å². The highest BCUT2D eigenvalue weighted by molar-refractivity contribution is 9.10. The van der Waals surface area contributed by atoms with Crippen LogP contribution in [-0.2, 0) is 6.42 Å². The monoisotopic (exact) mass is 349 g/mol. The number of rotatable bonds is 6. The molecule has 0 amide bonds. The third kappa shape index (κ3) is 4.18. The molecule has 0 unspecified atom stereocenters. The minimum Gasteiger partial charge on any atom is -0.293 e. The van der Waals surface area contributed by atoms with E-state index in [2.05, 4.69) is 27.8 Å². The van der Waals surface area contributed by atoms with Crippen LogP contribution in [0.1, 0.15) is 29.3 Å². The Balaban J connectivity index is 1.96. The summed E-state index contributed by atoms with van der Waals surface area (Å²) in [6.07, 6.45) is 3.91. The van der Waals surface area contributed by atoms with E-state index in [-0.39, 0.29) is 5.78 Å². The second kappa shape index (κ2) is 7.60. The number of aryl methyl sites for hydroxylation is 1. The van der Waals surface area contributed by atoms with Crippen molar-refractivity contribution in [3.63, 3.8) is 0 Å². The Bertz CT molecular complexity index is 583. The average Bonchev–Trinajstić information content (AvgIpc) is 2.47. The molecule has 1 aromatic carbocycles. The number of aromatic nitrogens is 1. The number of hydrogen-bond donors (Lipinski definition) is 0. The fourth-order valence-electron chi connectivity index (χ4n) is 1.84. The van der Waals surface area contributed by atoms with Gasteiger partial charge in [-0.1, -0.05) is 49.4 Å². The lowest BCUT2D eigenvalue weighted by Crippen LogP contribution is -2.03. The lowest BCUT2D eigenvalue weighted by atomic mass is 10.1. The van der Waals surface area contributed by atoms with Crippen molar-refractivity contribution in [1.82, 2.24) is 4.98 Å². The number of Topliss-reactive ketones (excluding diaryl/α,β-unsaturated/α-hetero) is 1. The summed E-state index contributed by atoms with van der Waals surface area (Å²) in [5.41, 5.74) is 2.05. The molecule has 0 aliphatic carbocycles. The normalized spacial score (nSPS) is 10.5. The van der Waals surface area contributed by atoms with Gasteiger partial charge in [-0.3, -0.25) is 4.79 Å². The first-order valence-corrected chi connectivity index (χ1v) is 8.34. The summed E-state index contributed by atoms with van der Waals surface area (Å²) >= 11 is 4.89. The Hall–Kier alpha value is -1.13. The van der Waals surface area contributed by atoms with Crippen LogP contribution in [0, 0.1) is 0 Å². The average molecular weight is 350 g/mol. The maximum atomic E-state index is 12.1. The number of pyridine rings is 1. The van der Waals surface area contributed by atoms with Gasteiger partial charge in [-0.15, -0.1) is 0 Å². The number of thioether (sulfide) groups is 1. The van der Waals surface area contributed by atoms with Crippen LogP contribution in [0.4, 0.5) is 0 Å². The molecule has 0 fully saturated rings. The Morgan fingerprint density at radius 1 is 1.25 bits per heavy atom. The molecule has 0 radical (unpaired) electrons. The highest BCUT2D eigenvalue weighted by Crippen LogP contribution is 2.25. The van der Waals surface area contributed by atoms with Crippen LogP contribution in [0.3, 0.4) is 0 Å². The predicted octanol–water partition coefficient (Wildman–Crippen LogP) is 4.77. The molecule has 0 atom stereocenters. The molecule has 0 aliphatic rings. The van der Waals surface area contributed by atoms with Gasteiger partial charge in [0.1, 0.15) is 5.03 Å². The second-order valence-corrected chi connectivity index (χ2v) is 6.27. The van der Waals surface area contributed by atoms with E-state index in [9.17, 15) is 4.79 Å². The third-order valence-corrected chi connectivity index (χ3v) is 4.79. The minimum atomic E-state index is 0.135. The zero-order valence-electron chi connectivity index (χ0n) is 11.3. The van der Waals surface area contributed by atoms with E-state index >= 15 is 0 Å². The van der Waals surface area contributed by atoms with Crippen LogP contribution in [0.5, 0.6) is 0 Å². The molecule has 0 aliphatic heterocycles. The quantitative estimate of drug-likeness (QED) is 0.555. The fraction of sp³-hybridized carbons (Fsp3) is 0.250. The molecule has 104 valence electrons. The Morgan fingerprint density at radius 2 is 2.00 bits per heavy atom. The van der Waals surface area contributed by atoms with Crippen molar-refractivity contribution in [3.05, 3.63) is 58.2 Å². The van der Waals surface area contributed by atoms with Gasteiger partial charge in [-0.25, -0.2) is 4.98 Å². The maximum absolute atomic E-state index is 12.1. The summed E-state index contributed by atoms with van der Waals surface area (Å²) in [7, 11) is 0. The molecule has 1 aromatic heterocycles. The number of nitrogens with zero attached hydrogens (tertiary/aromatic N) is 1. The first-order chi connectivity index (χ1) is 9.70. The summed E-state index contributed by atoms with van der Waals surface area (Å²) in [5, 5.41) is 0.850.